The molecule has 3 aromatic rings. The Hall–Kier alpha value is -4.20. The number of phenols is 1. The molecule has 1 aliphatic rings. The molecule has 0 bridgehead atoms. The Balaban J connectivity index is 1.83. The number of hydrazine groups is 1. The van der Waals surface area contributed by atoms with Gasteiger partial charge in [0.25, 0.3) is 11.8 Å². The van der Waals surface area contributed by atoms with Crippen molar-refractivity contribution in [2.75, 3.05) is 17.1 Å². The molecule has 0 saturated carbocycles. The number of anilines is 2. The number of carbonyl (C=O) groups is 2. The quantitative estimate of drug-likeness (QED) is 0.509. The molecule has 4 rings (SSSR count). The number of hydrogen-bond donors (Lipinski definition) is 1. The van der Waals surface area contributed by atoms with Gasteiger partial charge in [0, 0.05) is 0 Å². The van der Waals surface area contributed by atoms with E-state index in [1.54, 1.807) is 0 Å². The molecule has 156 valence electrons. The van der Waals surface area contributed by atoms with Gasteiger partial charge in [-0.3, -0.25) is 9.59 Å². The van der Waals surface area contributed by atoms with Crippen LogP contribution >= 0.6 is 0 Å². The Morgan fingerprint density at radius 1 is 0.806 bits per heavy atom. The van der Waals surface area contributed by atoms with Crippen LogP contribution in [-0.2, 0) is 9.59 Å². The second-order valence-electron chi connectivity index (χ2n) is 6.68. The molecular formula is C23H16F2N2O4. The first kappa shape index (κ1) is 20.1. The van der Waals surface area contributed by atoms with E-state index in [0.717, 1.165) is 10.0 Å². The van der Waals surface area contributed by atoms with Gasteiger partial charge in [-0.1, -0.05) is 6.07 Å². The van der Waals surface area contributed by atoms with Gasteiger partial charge in [-0.2, -0.15) is 0 Å². The minimum atomic E-state index is -0.645. The van der Waals surface area contributed by atoms with Crippen LogP contribution in [0.3, 0.4) is 0 Å². The lowest BCUT2D eigenvalue weighted by Gasteiger charge is -2.27. The second-order valence-corrected chi connectivity index (χ2v) is 6.68. The molecule has 0 radical (unpaired) electrons. The highest BCUT2D eigenvalue weighted by molar-refractivity contribution is 6.38. The zero-order valence-electron chi connectivity index (χ0n) is 16.3. The van der Waals surface area contributed by atoms with Gasteiger partial charge in [-0.25, -0.2) is 18.8 Å². The zero-order valence-corrected chi connectivity index (χ0v) is 16.3. The largest absolute Gasteiger partial charge is 0.504 e. The van der Waals surface area contributed by atoms with E-state index in [9.17, 15) is 23.5 Å². The maximum Gasteiger partial charge on any atom is 0.283 e. The first-order chi connectivity index (χ1) is 14.9. The number of amides is 2. The minimum Gasteiger partial charge on any atom is -0.504 e. The van der Waals surface area contributed by atoms with E-state index in [1.807, 2.05) is 0 Å². The van der Waals surface area contributed by atoms with Gasteiger partial charge in [0.2, 0.25) is 0 Å². The van der Waals surface area contributed by atoms with Crippen LogP contribution in [0.5, 0.6) is 11.5 Å². The maximum atomic E-state index is 13.4. The van der Waals surface area contributed by atoms with Gasteiger partial charge in [0.05, 0.1) is 18.5 Å². The number of carbonyl (C=O) groups excluding carboxylic acids is 2. The van der Waals surface area contributed by atoms with E-state index in [2.05, 4.69) is 0 Å². The van der Waals surface area contributed by atoms with E-state index in [0.29, 0.717) is 5.56 Å². The molecule has 0 atom stereocenters. The van der Waals surface area contributed by atoms with Crippen molar-refractivity contribution in [2.45, 2.75) is 0 Å². The lowest BCUT2D eigenvalue weighted by atomic mass is 10.1. The molecule has 2 amide bonds. The predicted octanol–water partition coefficient (Wildman–Crippen LogP) is 4.06. The van der Waals surface area contributed by atoms with Crippen LogP contribution in [0.2, 0.25) is 0 Å². The topological polar surface area (TPSA) is 70.1 Å². The summed E-state index contributed by atoms with van der Waals surface area (Å²) in [6, 6.07) is 14.5. The average Bonchev–Trinajstić information content (AvgIpc) is 3.01. The highest BCUT2D eigenvalue weighted by atomic mass is 19.1. The summed E-state index contributed by atoms with van der Waals surface area (Å²) in [6.07, 6.45) is 1.37. The van der Waals surface area contributed by atoms with Gasteiger partial charge >= 0.3 is 0 Å². The third kappa shape index (κ3) is 3.71. The highest BCUT2D eigenvalue weighted by Crippen LogP contribution is 2.34. The molecule has 6 nitrogen and oxygen atoms in total. The normalized spacial score (nSPS) is 13.7. The number of benzene rings is 3. The Morgan fingerprint density at radius 3 is 1.74 bits per heavy atom. The molecule has 1 saturated heterocycles. The third-order valence-corrected chi connectivity index (χ3v) is 4.70. The number of rotatable bonds is 4. The van der Waals surface area contributed by atoms with Crippen molar-refractivity contribution in [3.05, 3.63) is 89.5 Å². The lowest BCUT2D eigenvalue weighted by molar-refractivity contribution is -0.116. The molecular weight excluding hydrogens is 406 g/mol. The van der Waals surface area contributed by atoms with Crippen molar-refractivity contribution < 1.29 is 28.2 Å². The van der Waals surface area contributed by atoms with E-state index in [4.69, 9.17) is 4.74 Å². The van der Waals surface area contributed by atoms with Crippen LogP contribution in [0.1, 0.15) is 5.56 Å². The standard InChI is InChI=1S/C23H16F2N2O4/c1-31-21-13-14(2-11-20(21)28)12-19-22(29)26(17-7-3-15(24)4-8-17)27(23(19)30)18-9-5-16(25)6-10-18/h2-13,28H,1H3. The molecule has 1 N–H and O–H groups in total. The molecule has 3 aromatic carbocycles. The first-order valence-electron chi connectivity index (χ1n) is 9.17. The maximum absolute atomic E-state index is 13.4. The van der Waals surface area contributed by atoms with Gasteiger partial charge in [0.15, 0.2) is 11.5 Å². The molecule has 1 heterocycles. The fourth-order valence-electron chi connectivity index (χ4n) is 3.21. The second kappa shape index (κ2) is 7.91. The monoisotopic (exact) mass is 422 g/mol. The van der Waals surface area contributed by atoms with Crippen molar-refractivity contribution in [3.63, 3.8) is 0 Å². The van der Waals surface area contributed by atoms with Gasteiger partial charge < -0.3 is 9.84 Å². The molecule has 0 spiro atoms. The Labute approximate surface area is 176 Å². The average molecular weight is 422 g/mol. The molecule has 31 heavy (non-hydrogen) atoms. The Bertz CT molecular complexity index is 1130. The fourth-order valence-corrected chi connectivity index (χ4v) is 3.21. The summed E-state index contributed by atoms with van der Waals surface area (Å²) < 4.78 is 31.9. The van der Waals surface area contributed by atoms with Crippen LogP contribution in [0.25, 0.3) is 6.08 Å². The van der Waals surface area contributed by atoms with E-state index in [-0.39, 0.29) is 28.4 Å². The van der Waals surface area contributed by atoms with E-state index < -0.39 is 23.4 Å². The number of nitrogens with zero attached hydrogens (tertiary/aromatic N) is 2. The van der Waals surface area contributed by atoms with Crippen molar-refractivity contribution in [1.82, 2.24) is 0 Å². The van der Waals surface area contributed by atoms with Crippen LogP contribution in [0.15, 0.2) is 72.3 Å². The van der Waals surface area contributed by atoms with Crippen molar-refractivity contribution in [1.29, 1.82) is 0 Å². The number of phenolic OH excluding ortho intramolecular Hbond substituents is 1. The van der Waals surface area contributed by atoms with Crippen LogP contribution in [0, 0.1) is 11.6 Å². The molecule has 8 heteroatoms. The lowest BCUT2D eigenvalue weighted by Crippen LogP contribution is -2.41. The smallest absolute Gasteiger partial charge is 0.283 e. The minimum absolute atomic E-state index is 0.0883. The summed E-state index contributed by atoms with van der Waals surface area (Å²) >= 11 is 0. The SMILES string of the molecule is COc1cc(C=C2C(=O)N(c3ccc(F)cc3)N(c3ccc(F)cc3)C2=O)ccc1O. The van der Waals surface area contributed by atoms with Gasteiger partial charge in [-0.05, 0) is 72.3 Å². The Kier molecular flexibility index (Phi) is 5.12. The zero-order chi connectivity index (χ0) is 22.1. The van der Waals surface area contributed by atoms with Crippen LogP contribution < -0.4 is 14.8 Å². The number of hydrogen-bond acceptors (Lipinski definition) is 4. The molecule has 1 aliphatic heterocycles. The first-order valence-corrected chi connectivity index (χ1v) is 9.17. The van der Waals surface area contributed by atoms with Crippen molar-refractivity contribution in [3.8, 4) is 11.5 Å². The summed E-state index contributed by atoms with van der Waals surface area (Å²) in [7, 11) is 1.38. The van der Waals surface area contributed by atoms with E-state index >= 15 is 0 Å². The third-order valence-electron chi connectivity index (χ3n) is 4.70. The molecule has 0 aliphatic carbocycles. The van der Waals surface area contributed by atoms with Gasteiger partial charge in [-0.15, -0.1) is 0 Å². The van der Waals surface area contributed by atoms with Crippen LogP contribution in [0.4, 0.5) is 20.2 Å². The summed E-state index contributed by atoms with van der Waals surface area (Å²) in [5.74, 6) is -2.20. The number of ether oxygens (including phenoxy) is 1. The van der Waals surface area contributed by atoms with E-state index in [1.165, 1.54) is 79.9 Å². The summed E-state index contributed by atoms with van der Waals surface area (Å²) in [5, 5.41) is 12.0. The van der Waals surface area contributed by atoms with Crippen molar-refractivity contribution >= 4 is 29.3 Å². The van der Waals surface area contributed by atoms with Gasteiger partial charge in [0.1, 0.15) is 17.2 Å². The number of methoxy groups -OCH3 is 1. The predicted molar refractivity (Wildman–Crippen MR) is 110 cm³/mol. The molecule has 0 aromatic heterocycles. The Morgan fingerprint density at radius 2 is 1.29 bits per heavy atom. The van der Waals surface area contributed by atoms with Crippen molar-refractivity contribution in [2.24, 2.45) is 0 Å². The number of aromatic hydroxyl groups is 1. The molecule has 1 fully saturated rings. The fraction of sp³-hybridized carbons (Fsp3) is 0.0435. The summed E-state index contributed by atoms with van der Waals surface area (Å²) in [5.41, 5.74) is 0.805. The summed E-state index contributed by atoms with van der Waals surface area (Å²) in [4.78, 5) is 26.4. The highest BCUT2D eigenvalue weighted by Gasteiger charge is 2.43. The molecule has 0 unspecified atom stereocenters. The van der Waals surface area contributed by atoms with Crippen LogP contribution in [-0.4, -0.2) is 24.0 Å². The summed E-state index contributed by atoms with van der Waals surface area (Å²) in [6.45, 7) is 0. The number of halogens is 2.